The van der Waals surface area contributed by atoms with Crippen LogP contribution in [0.4, 0.5) is 4.79 Å². The Balaban J connectivity index is 2.08. The maximum Gasteiger partial charge on any atom is 0.326 e. The number of rotatable bonds is 9. The van der Waals surface area contributed by atoms with Gasteiger partial charge in [0.2, 0.25) is 0 Å². The predicted molar refractivity (Wildman–Crippen MR) is 99.3 cm³/mol. The van der Waals surface area contributed by atoms with Gasteiger partial charge >= 0.3 is 18.0 Å². The zero-order valence-electron chi connectivity index (χ0n) is 14.7. The molecule has 1 unspecified atom stereocenters. The molecule has 0 saturated carbocycles. The molecule has 0 aliphatic carbocycles. The van der Waals surface area contributed by atoms with Crippen LogP contribution in [0.1, 0.15) is 36.4 Å². The fourth-order valence-corrected chi connectivity index (χ4v) is 2.70. The first-order valence-corrected chi connectivity index (χ1v) is 8.59. The number of carbonyl (C=O) groups is 3. The smallest absolute Gasteiger partial charge is 0.326 e. The highest BCUT2D eigenvalue weighted by Crippen LogP contribution is 2.21. The summed E-state index contributed by atoms with van der Waals surface area (Å²) in [6, 6.07) is 16.4. The van der Waals surface area contributed by atoms with E-state index in [1.165, 1.54) is 0 Å². The maximum atomic E-state index is 12.4. The fraction of sp³-hybridized carbons (Fsp3) is 0.250. The van der Waals surface area contributed by atoms with Gasteiger partial charge < -0.3 is 20.8 Å². The Labute approximate surface area is 157 Å². The summed E-state index contributed by atoms with van der Waals surface area (Å²) >= 11 is 0. The van der Waals surface area contributed by atoms with Crippen LogP contribution in [-0.2, 0) is 9.59 Å². The second-order valence-electron chi connectivity index (χ2n) is 6.05. The van der Waals surface area contributed by atoms with E-state index in [0.717, 1.165) is 11.1 Å². The summed E-state index contributed by atoms with van der Waals surface area (Å²) in [6.45, 7) is 0. The number of amides is 2. The van der Waals surface area contributed by atoms with Gasteiger partial charge in [0.25, 0.3) is 0 Å². The number of benzene rings is 2. The van der Waals surface area contributed by atoms with Crippen molar-refractivity contribution in [2.45, 2.75) is 31.3 Å². The van der Waals surface area contributed by atoms with Gasteiger partial charge in [-0.3, -0.25) is 4.79 Å². The lowest BCUT2D eigenvalue weighted by Gasteiger charge is -2.22. The normalized spacial score (nSPS) is 11.6. The number of hydrogen-bond acceptors (Lipinski definition) is 3. The van der Waals surface area contributed by atoms with Gasteiger partial charge in [-0.25, -0.2) is 9.59 Å². The van der Waals surface area contributed by atoms with Crippen LogP contribution < -0.4 is 10.6 Å². The molecule has 0 fully saturated rings. The molecule has 0 aliphatic rings. The highest BCUT2D eigenvalue weighted by molar-refractivity contribution is 5.83. The Hall–Kier alpha value is -3.35. The summed E-state index contributed by atoms with van der Waals surface area (Å²) in [6.07, 6.45) is 0.0491. The molecule has 2 rings (SSSR count). The zero-order valence-corrected chi connectivity index (χ0v) is 14.7. The van der Waals surface area contributed by atoms with Crippen LogP contribution in [-0.4, -0.2) is 34.2 Å². The van der Waals surface area contributed by atoms with E-state index in [2.05, 4.69) is 10.6 Å². The quantitative estimate of drug-likeness (QED) is 0.542. The third-order valence-corrected chi connectivity index (χ3v) is 4.03. The Morgan fingerprint density at radius 3 is 1.78 bits per heavy atom. The molecule has 27 heavy (non-hydrogen) atoms. The first-order valence-electron chi connectivity index (χ1n) is 8.59. The summed E-state index contributed by atoms with van der Waals surface area (Å²) in [5.74, 6) is -2.21. The van der Waals surface area contributed by atoms with Crippen molar-refractivity contribution >= 4 is 18.0 Å². The molecular formula is C20H22N2O5. The standard InChI is InChI=1S/C20H22N2O5/c23-17(24)13-7-12-16(19(25)26)21-20(27)22-18(14-8-3-1-4-9-14)15-10-5-2-6-11-15/h1-6,8-11,16,18H,7,12-13H2,(H,23,24)(H,25,26)(H2,21,22,27). The van der Waals surface area contributed by atoms with Gasteiger partial charge in [0.1, 0.15) is 6.04 Å². The first kappa shape index (κ1) is 20.0. The van der Waals surface area contributed by atoms with Gasteiger partial charge in [0, 0.05) is 6.42 Å². The lowest BCUT2D eigenvalue weighted by atomic mass is 9.99. The molecule has 0 aliphatic heterocycles. The molecular weight excluding hydrogens is 348 g/mol. The van der Waals surface area contributed by atoms with E-state index in [0.29, 0.717) is 0 Å². The monoisotopic (exact) mass is 370 g/mol. The third kappa shape index (κ3) is 6.47. The predicted octanol–water partition coefficient (Wildman–Crippen LogP) is 2.78. The van der Waals surface area contributed by atoms with Crippen LogP contribution in [0.5, 0.6) is 0 Å². The van der Waals surface area contributed by atoms with Gasteiger partial charge in [-0.05, 0) is 24.0 Å². The second kappa shape index (κ2) is 9.96. The zero-order chi connectivity index (χ0) is 19.6. The number of carbonyl (C=O) groups excluding carboxylic acids is 1. The molecule has 142 valence electrons. The molecule has 0 aromatic heterocycles. The van der Waals surface area contributed by atoms with Crippen molar-refractivity contribution in [1.82, 2.24) is 10.6 Å². The molecule has 0 radical (unpaired) electrons. The van der Waals surface area contributed by atoms with E-state index in [-0.39, 0.29) is 19.3 Å². The van der Waals surface area contributed by atoms with Crippen molar-refractivity contribution in [3.8, 4) is 0 Å². The van der Waals surface area contributed by atoms with Crippen molar-refractivity contribution in [2.75, 3.05) is 0 Å². The molecule has 1 atom stereocenters. The van der Waals surface area contributed by atoms with Crippen molar-refractivity contribution < 1.29 is 24.6 Å². The molecule has 7 nitrogen and oxygen atoms in total. The Morgan fingerprint density at radius 2 is 1.33 bits per heavy atom. The van der Waals surface area contributed by atoms with E-state index in [4.69, 9.17) is 5.11 Å². The van der Waals surface area contributed by atoms with Crippen LogP contribution in [0.15, 0.2) is 60.7 Å². The minimum absolute atomic E-state index is 0.0381. The number of hydrogen-bond donors (Lipinski definition) is 4. The topological polar surface area (TPSA) is 116 Å². The summed E-state index contributed by atoms with van der Waals surface area (Å²) in [4.78, 5) is 34.3. The molecule has 0 saturated heterocycles. The summed E-state index contributed by atoms with van der Waals surface area (Å²) in [7, 11) is 0. The summed E-state index contributed by atoms with van der Waals surface area (Å²) < 4.78 is 0. The first-order chi connectivity index (χ1) is 13.0. The van der Waals surface area contributed by atoms with Crippen LogP contribution in [0.25, 0.3) is 0 Å². The van der Waals surface area contributed by atoms with Crippen LogP contribution in [0.2, 0.25) is 0 Å². The number of urea groups is 1. The lowest BCUT2D eigenvalue weighted by Crippen LogP contribution is -2.47. The Kier molecular flexibility index (Phi) is 7.37. The van der Waals surface area contributed by atoms with E-state index in [1.54, 1.807) is 0 Å². The second-order valence-corrected chi connectivity index (χ2v) is 6.05. The van der Waals surface area contributed by atoms with Crippen LogP contribution >= 0.6 is 0 Å². The minimum Gasteiger partial charge on any atom is -0.481 e. The number of nitrogens with one attached hydrogen (secondary N) is 2. The Bertz CT molecular complexity index is 725. The molecule has 0 bridgehead atoms. The van der Waals surface area contributed by atoms with E-state index < -0.39 is 30.1 Å². The maximum absolute atomic E-state index is 12.4. The fourth-order valence-electron chi connectivity index (χ4n) is 2.70. The molecule has 2 aromatic carbocycles. The van der Waals surface area contributed by atoms with Gasteiger partial charge in [-0.1, -0.05) is 60.7 Å². The molecule has 2 aromatic rings. The SMILES string of the molecule is O=C(O)CCCC(NC(=O)NC(c1ccccc1)c1ccccc1)C(=O)O. The molecule has 0 spiro atoms. The third-order valence-electron chi connectivity index (χ3n) is 4.03. The van der Waals surface area contributed by atoms with Crippen molar-refractivity contribution in [1.29, 1.82) is 0 Å². The molecule has 0 heterocycles. The van der Waals surface area contributed by atoms with E-state index in [9.17, 15) is 19.5 Å². The van der Waals surface area contributed by atoms with E-state index in [1.807, 2.05) is 60.7 Å². The summed E-state index contributed by atoms with van der Waals surface area (Å²) in [5, 5.41) is 23.2. The van der Waals surface area contributed by atoms with Crippen molar-refractivity contribution in [2.24, 2.45) is 0 Å². The number of aliphatic carboxylic acids is 2. The van der Waals surface area contributed by atoms with Gasteiger partial charge in [-0.15, -0.1) is 0 Å². The molecule has 4 N–H and O–H groups in total. The minimum atomic E-state index is -1.20. The number of carboxylic acids is 2. The van der Waals surface area contributed by atoms with E-state index >= 15 is 0 Å². The largest absolute Gasteiger partial charge is 0.481 e. The highest BCUT2D eigenvalue weighted by atomic mass is 16.4. The summed E-state index contributed by atoms with van der Waals surface area (Å²) in [5.41, 5.74) is 1.72. The average molecular weight is 370 g/mol. The van der Waals surface area contributed by atoms with Crippen molar-refractivity contribution in [3.63, 3.8) is 0 Å². The van der Waals surface area contributed by atoms with Crippen LogP contribution in [0.3, 0.4) is 0 Å². The molecule has 7 heteroatoms. The average Bonchev–Trinajstić information content (AvgIpc) is 2.66. The highest BCUT2D eigenvalue weighted by Gasteiger charge is 2.22. The van der Waals surface area contributed by atoms with Gasteiger partial charge in [-0.2, -0.15) is 0 Å². The van der Waals surface area contributed by atoms with Crippen LogP contribution in [0, 0.1) is 0 Å². The molecule has 2 amide bonds. The Morgan fingerprint density at radius 1 is 0.815 bits per heavy atom. The number of carboxylic acid groups (broad SMARTS) is 2. The lowest BCUT2D eigenvalue weighted by molar-refractivity contribution is -0.140. The van der Waals surface area contributed by atoms with Gasteiger partial charge in [0.15, 0.2) is 0 Å². The van der Waals surface area contributed by atoms with Gasteiger partial charge in [0.05, 0.1) is 6.04 Å². The van der Waals surface area contributed by atoms with Crippen molar-refractivity contribution in [3.05, 3.63) is 71.8 Å².